The van der Waals surface area contributed by atoms with Crippen molar-refractivity contribution in [3.63, 3.8) is 0 Å². The van der Waals surface area contributed by atoms with Crippen molar-refractivity contribution in [1.29, 1.82) is 0 Å². The molecule has 2 aromatic carbocycles. The molecule has 3 aromatic rings. The highest BCUT2D eigenvalue weighted by molar-refractivity contribution is 6.31. The number of hydrogen-bond acceptors (Lipinski definition) is 3. The van der Waals surface area contributed by atoms with Gasteiger partial charge in [0.25, 0.3) is 5.91 Å². The van der Waals surface area contributed by atoms with E-state index in [1.807, 2.05) is 24.3 Å². The molecule has 0 bridgehead atoms. The van der Waals surface area contributed by atoms with E-state index >= 15 is 0 Å². The van der Waals surface area contributed by atoms with E-state index in [1.165, 1.54) is 7.11 Å². The molecule has 7 heteroatoms. The predicted molar refractivity (Wildman–Crippen MR) is 98.7 cm³/mol. The minimum Gasteiger partial charge on any atom is -0.496 e. The second-order valence-corrected chi connectivity index (χ2v) is 6.22. The monoisotopic (exact) mass is 375 g/mol. The van der Waals surface area contributed by atoms with Crippen LogP contribution in [0.25, 0.3) is 0 Å². The van der Waals surface area contributed by atoms with Crippen molar-refractivity contribution in [2.45, 2.75) is 6.54 Å². The minimum atomic E-state index is -0.314. The van der Waals surface area contributed by atoms with E-state index in [1.54, 1.807) is 35.3 Å². The van der Waals surface area contributed by atoms with Gasteiger partial charge in [-0.2, -0.15) is 5.10 Å². The number of nitrogens with zero attached hydrogens (tertiary/aromatic N) is 2. The average molecular weight is 376 g/mol. The summed E-state index contributed by atoms with van der Waals surface area (Å²) in [6, 6.07) is 12.4. The van der Waals surface area contributed by atoms with Gasteiger partial charge in [-0.1, -0.05) is 35.3 Å². The zero-order valence-corrected chi connectivity index (χ0v) is 14.9. The van der Waals surface area contributed by atoms with Gasteiger partial charge >= 0.3 is 0 Å². The Labute approximate surface area is 155 Å². The number of halogens is 2. The molecule has 1 aromatic heterocycles. The number of benzene rings is 2. The van der Waals surface area contributed by atoms with Crippen LogP contribution in [0.1, 0.15) is 15.9 Å². The van der Waals surface area contributed by atoms with Gasteiger partial charge in [-0.25, -0.2) is 0 Å². The topological polar surface area (TPSA) is 56.1 Å². The number of amides is 1. The van der Waals surface area contributed by atoms with E-state index in [0.717, 1.165) is 5.56 Å². The molecule has 0 unspecified atom stereocenters. The lowest BCUT2D eigenvalue weighted by atomic mass is 10.2. The highest BCUT2D eigenvalue weighted by atomic mass is 35.5. The molecule has 0 aliphatic carbocycles. The molecule has 1 heterocycles. The second-order valence-electron chi connectivity index (χ2n) is 5.35. The highest BCUT2D eigenvalue weighted by Gasteiger charge is 2.14. The van der Waals surface area contributed by atoms with Crippen LogP contribution in [0.4, 0.5) is 5.69 Å². The summed E-state index contributed by atoms with van der Waals surface area (Å²) in [5, 5.41) is 8.20. The highest BCUT2D eigenvalue weighted by Crippen LogP contribution is 2.23. The summed E-state index contributed by atoms with van der Waals surface area (Å²) in [6.07, 6.45) is 3.34. The first-order valence-electron chi connectivity index (χ1n) is 7.47. The van der Waals surface area contributed by atoms with E-state index < -0.39 is 0 Å². The lowest BCUT2D eigenvalue weighted by Gasteiger charge is -2.08. The summed E-state index contributed by atoms with van der Waals surface area (Å²) >= 11 is 11.8. The van der Waals surface area contributed by atoms with E-state index in [0.29, 0.717) is 33.6 Å². The van der Waals surface area contributed by atoms with Crippen molar-refractivity contribution in [3.05, 3.63) is 76.0 Å². The quantitative estimate of drug-likeness (QED) is 0.714. The van der Waals surface area contributed by atoms with E-state index in [2.05, 4.69) is 10.4 Å². The molecule has 0 radical (unpaired) electrons. The standard InChI is InChI=1S/C18H15Cl2N3O2/c1-25-17-7-6-14(20)8-16(17)18(24)22-15-9-21-23(11-15)10-12-2-4-13(19)5-3-12/h2-9,11H,10H2,1H3,(H,22,24). The zero-order valence-electron chi connectivity index (χ0n) is 13.4. The van der Waals surface area contributed by atoms with Crippen LogP contribution in [0.3, 0.4) is 0 Å². The van der Waals surface area contributed by atoms with Crippen LogP contribution in [-0.2, 0) is 6.54 Å². The third-order valence-corrected chi connectivity index (χ3v) is 4.04. The smallest absolute Gasteiger partial charge is 0.259 e. The fourth-order valence-corrected chi connectivity index (χ4v) is 2.65. The fourth-order valence-electron chi connectivity index (χ4n) is 2.35. The Morgan fingerprint density at radius 1 is 1.16 bits per heavy atom. The number of anilines is 1. The molecular weight excluding hydrogens is 361 g/mol. The molecule has 0 aliphatic heterocycles. The van der Waals surface area contributed by atoms with Gasteiger partial charge in [0.1, 0.15) is 5.75 Å². The maximum atomic E-state index is 12.4. The molecule has 25 heavy (non-hydrogen) atoms. The van der Waals surface area contributed by atoms with Gasteiger partial charge in [-0.3, -0.25) is 9.48 Å². The van der Waals surface area contributed by atoms with Gasteiger partial charge in [0, 0.05) is 16.2 Å². The van der Waals surface area contributed by atoms with Crippen LogP contribution in [0.2, 0.25) is 10.0 Å². The predicted octanol–water partition coefficient (Wildman–Crippen LogP) is 4.50. The van der Waals surface area contributed by atoms with Crippen molar-refractivity contribution < 1.29 is 9.53 Å². The van der Waals surface area contributed by atoms with Crippen molar-refractivity contribution in [1.82, 2.24) is 9.78 Å². The Kier molecular flexibility index (Phi) is 5.26. The Balaban J connectivity index is 1.72. The van der Waals surface area contributed by atoms with Gasteiger partial charge < -0.3 is 10.1 Å². The number of hydrogen-bond donors (Lipinski definition) is 1. The first-order chi connectivity index (χ1) is 12.0. The summed E-state index contributed by atoms with van der Waals surface area (Å²) < 4.78 is 6.93. The molecule has 128 valence electrons. The van der Waals surface area contributed by atoms with Crippen molar-refractivity contribution >= 4 is 34.8 Å². The Hall–Kier alpha value is -2.50. The van der Waals surface area contributed by atoms with Crippen molar-refractivity contribution in [2.24, 2.45) is 0 Å². The van der Waals surface area contributed by atoms with Crippen LogP contribution >= 0.6 is 23.2 Å². The maximum Gasteiger partial charge on any atom is 0.259 e. The number of nitrogens with one attached hydrogen (secondary N) is 1. The molecular formula is C18H15Cl2N3O2. The summed E-state index contributed by atoms with van der Waals surface area (Å²) in [7, 11) is 1.50. The molecule has 3 rings (SSSR count). The minimum absolute atomic E-state index is 0.314. The van der Waals surface area contributed by atoms with E-state index in [4.69, 9.17) is 27.9 Å². The SMILES string of the molecule is COc1ccc(Cl)cc1C(=O)Nc1cnn(Cc2ccc(Cl)cc2)c1. The summed E-state index contributed by atoms with van der Waals surface area (Å²) in [4.78, 5) is 12.4. The fraction of sp³-hybridized carbons (Fsp3) is 0.111. The Morgan fingerprint density at radius 2 is 1.88 bits per heavy atom. The summed E-state index contributed by atoms with van der Waals surface area (Å²) in [5.74, 6) is 0.140. The van der Waals surface area contributed by atoms with Crippen LogP contribution < -0.4 is 10.1 Å². The zero-order chi connectivity index (χ0) is 17.8. The lowest BCUT2D eigenvalue weighted by Crippen LogP contribution is -2.12. The van der Waals surface area contributed by atoms with Crippen LogP contribution in [0.15, 0.2) is 54.9 Å². The molecule has 0 saturated heterocycles. The van der Waals surface area contributed by atoms with Gasteiger partial charge in [-0.15, -0.1) is 0 Å². The van der Waals surface area contributed by atoms with E-state index in [9.17, 15) is 4.79 Å². The van der Waals surface area contributed by atoms with Crippen molar-refractivity contribution in [2.75, 3.05) is 12.4 Å². The average Bonchev–Trinajstić information content (AvgIpc) is 3.03. The molecule has 0 fully saturated rings. The lowest BCUT2D eigenvalue weighted by molar-refractivity contribution is 0.102. The second kappa shape index (κ2) is 7.59. The van der Waals surface area contributed by atoms with Gasteiger partial charge in [-0.05, 0) is 35.9 Å². The first kappa shape index (κ1) is 17.3. The van der Waals surface area contributed by atoms with Crippen LogP contribution in [0.5, 0.6) is 5.75 Å². The largest absolute Gasteiger partial charge is 0.496 e. The maximum absolute atomic E-state index is 12.4. The van der Waals surface area contributed by atoms with Gasteiger partial charge in [0.05, 0.1) is 31.1 Å². The van der Waals surface area contributed by atoms with Crippen LogP contribution in [-0.4, -0.2) is 22.8 Å². The molecule has 0 spiro atoms. The number of ether oxygens (including phenoxy) is 1. The first-order valence-corrected chi connectivity index (χ1v) is 8.22. The number of aromatic nitrogens is 2. The van der Waals surface area contributed by atoms with Crippen LogP contribution in [0, 0.1) is 0 Å². The summed E-state index contributed by atoms with van der Waals surface area (Å²) in [5.41, 5.74) is 2.00. The van der Waals surface area contributed by atoms with Gasteiger partial charge in [0.2, 0.25) is 0 Å². The molecule has 0 aliphatic rings. The Morgan fingerprint density at radius 3 is 2.60 bits per heavy atom. The third kappa shape index (κ3) is 4.32. The molecule has 5 nitrogen and oxygen atoms in total. The molecule has 1 N–H and O–H groups in total. The third-order valence-electron chi connectivity index (χ3n) is 3.56. The molecule has 0 atom stereocenters. The molecule has 1 amide bonds. The molecule has 0 saturated carbocycles. The van der Waals surface area contributed by atoms with E-state index in [-0.39, 0.29) is 5.91 Å². The Bertz CT molecular complexity index is 892. The number of carbonyl (C=O) groups excluding carboxylic acids is 1. The number of carbonyl (C=O) groups is 1. The number of methoxy groups -OCH3 is 1. The number of rotatable bonds is 5. The normalized spacial score (nSPS) is 10.5. The van der Waals surface area contributed by atoms with Gasteiger partial charge in [0.15, 0.2) is 0 Å². The summed E-state index contributed by atoms with van der Waals surface area (Å²) in [6.45, 7) is 0.577. The van der Waals surface area contributed by atoms with Crippen molar-refractivity contribution in [3.8, 4) is 5.75 Å².